The van der Waals surface area contributed by atoms with Gasteiger partial charge in [0.05, 0.1) is 0 Å². The number of hydrogen-bond acceptors (Lipinski definition) is 2. The summed E-state index contributed by atoms with van der Waals surface area (Å²) in [7, 11) is 0. The first-order valence-electron chi connectivity index (χ1n) is 7.95. The van der Waals surface area contributed by atoms with Crippen molar-refractivity contribution < 1.29 is 0 Å². The van der Waals surface area contributed by atoms with E-state index in [1.807, 2.05) is 12.4 Å². The van der Waals surface area contributed by atoms with Gasteiger partial charge in [0.15, 0.2) is 0 Å². The first-order valence-corrected chi connectivity index (χ1v) is 7.95. The number of nitrogens with zero attached hydrogens (tertiary/aromatic N) is 2. The average molecular weight is 252 g/mol. The van der Waals surface area contributed by atoms with E-state index >= 15 is 0 Å². The van der Waals surface area contributed by atoms with E-state index in [0.717, 1.165) is 12.8 Å². The Kier molecular flexibility index (Phi) is 15.7. The van der Waals surface area contributed by atoms with Gasteiger partial charge in [-0.15, -0.1) is 0 Å². The van der Waals surface area contributed by atoms with Crippen LogP contribution in [0.1, 0.15) is 90.9 Å². The molecule has 0 bridgehead atoms. The number of rotatable bonds is 13. The summed E-state index contributed by atoms with van der Waals surface area (Å²) in [5.41, 5.74) is 0. The van der Waals surface area contributed by atoms with Gasteiger partial charge in [-0.25, -0.2) is 0 Å². The van der Waals surface area contributed by atoms with Crippen molar-refractivity contribution in [1.29, 1.82) is 0 Å². The van der Waals surface area contributed by atoms with Crippen LogP contribution >= 0.6 is 0 Å². The van der Waals surface area contributed by atoms with E-state index in [9.17, 15) is 0 Å². The molecule has 106 valence electrons. The Morgan fingerprint density at radius 3 is 1.33 bits per heavy atom. The van der Waals surface area contributed by atoms with Gasteiger partial charge in [0.2, 0.25) is 0 Å². The van der Waals surface area contributed by atoms with Crippen LogP contribution in [0.3, 0.4) is 0 Å². The minimum atomic E-state index is 1.08. The fourth-order valence-corrected chi connectivity index (χ4v) is 1.89. The molecular formula is C16H32N2. The molecule has 0 radical (unpaired) electrons. The van der Waals surface area contributed by atoms with E-state index in [-0.39, 0.29) is 0 Å². The van der Waals surface area contributed by atoms with E-state index < -0.39 is 0 Å². The quantitative estimate of drug-likeness (QED) is 0.226. The van der Waals surface area contributed by atoms with Crippen molar-refractivity contribution in [3.05, 3.63) is 0 Å². The Balaban J connectivity index is 3.15. The molecule has 0 aliphatic rings. The van der Waals surface area contributed by atoms with Crippen molar-refractivity contribution in [2.45, 2.75) is 90.9 Å². The summed E-state index contributed by atoms with van der Waals surface area (Å²) < 4.78 is 0. The Morgan fingerprint density at radius 2 is 0.944 bits per heavy atom. The Morgan fingerprint density at radius 1 is 0.556 bits per heavy atom. The molecule has 0 atom stereocenters. The van der Waals surface area contributed by atoms with Crippen LogP contribution in [0.2, 0.25) is 0 Å². The highest BCUT2D eigenvalue weighted by molar-refractivity contribution is 5.61. The Labute approximate surface area is 114 Å². The lowest BCUT2D eigenvalue weighted by Crippen LogP contribution is -1.81. The summed E-state index contributed by atoms with van der Waals surface area (Å²) >= 11 is 0. The van der Waals surface area contributed by atoms with Crippen molar-refractivity contribution in [3.63, 3.8) is 0 Å². The molecule has 0 N–H and O–H groups in total. The normalized spacial score (nSPS) is 11.9. The molecule has 2 nitrogen and oxygen atoms in total. The molecule has 2 heteroatoms. The second-order valence-corrected chi connectivity index (χ2v) is 5.00. The average Bonchev–Trinajstić information content (AvgIpc) is 2.39. The minimum absolute atomic E-state index is 1.08. The van der Waals surface area contributed by atoms with Gasteiger partial charge in [-0.1, -0.05) is 65.2 Å². The fraction of sp³-hybridized carbons (Fsp3) is 0.875. The lowest BCUT2D eigenvalue weighted by atomic mass is 10.1. The van der Waals surface area contributed by atoms with Crippen molar-refractivity contribution in [2.75, 3.05) is 0 Å². The van der Waals surface area contributed by atoms with Crippen LogP contribution in [-0.4, -0.2) is 12.4 Å². The zero-order chi connectivity index (χ0) is 13.3. The van der Waals surface area contributed by atoms with Crippen LogP contribution in [0.4, 0.5) is 0 Å². The second-order valence-electron chi connectivity index (χ2n) is 5.00. The maximum Gasteiger partial charge on any atom is 0.0270 e. The third-order valence-corrected chi connectivity index (χ3v) is 3.10. The molecule has 0 spiro atoms. The predicted octanol–water partition coefficient (Wildman–Crippen LogP) is 5.76. The summed E-state index contributed by atoms with van der Waals surface area (Å²) in [4.78, 5) is 0. The number of unbranched alkanes of at least 4 members (excludes halogenated alkanes) is 10. The first-order chi connectivity index (χ1) is 8.91. The lowest BCUT2D eigenvalue weighted by Gasteiger charge is -1.95. The van der Waals surface area contributed by atoms with Crippen LogP contribution in [0.25, 0.3) is 0 Å². The predicted molar refractivity (Wildman–Crippen MR) is 83.7 cm³/mol. The van der Waals surface area contributed by atoms with E-state index in [4.69, 9.17) is 0 Å². The molecule has 18 heavy (non-hydrogen) atoms. The molecule has 0 aromatic rings. The summed E-state index contributed by atoms with van der Waals surface area (Å²) in [5.74, 6) is 0. The molecule has 0 rings (SSSR count). The number of hydrogen-bond donors (Lipinski definition) is 0. The molecule has 0 saturated carbocycles. The molecule has 0 heterocycles. The standard InChI is InChI=1S/C16H32N2/c1-3-5-7-9-11-13-15-17-18-16-14-12-10-8-6-4-2/h15-16H,3-14H2,1-2H3/b17-15+,18-16?. The van der Waals surface area contributed by atoms with Crippen molar-refractivity contribution >= 4 is 12.4 Å². The third-order valence-electron chi connectivity index (χ3n) is 3.10. The van der Waals surface area contributed by atoms with Gasteiger partial charge in [-0.2, -0.15) is 10.2 Å². The Hall–Kier alpha value is -0.660. The molecule has 0 amide bonds. The summed E-state index contributed by atoms with van der Waals surface area (Å²) in [6.45, 7) is 4.50. The van der Waals surface area contributed by atoms with Crippen LogP contribution < -0.4 is 0 Å². The molecular weight excluding hydrogens is 220 g/mol. The van der Waals surface area contributed by atoms with Gasteiger partial charge in [0.25, 0.3) is 0 Å². The molecule has 0 aromatic heterocycles. The van der Waals surface area contributed by atoms with Crippen molar-refractivity contribution in [1.82, 2.24) is 0 Å². The highest BCUT2D eigenvalue weighted by Crippen LogP contribution is 2.04. The topological polar surface area (TPSA) is 24.7 Å². The summed E-state index contributed by atoms with van der Waals surface area (Å²) in [6, 6.07) is 0. The minimum Gasteiger partial charge on any atom is -0.164 e. The molecule has 0 aliphatic heterocycles. The fourth-order valence-electron chi connectivity index (χ4n) is 1.89. The maximum absolute atomic E-state index is 4.07. The third kappa shape index (κ3) is 15.3. The molecule has 0 unspecified atom stereocenters. The van der Waals surface area contributed by atoms with Crippen molar-refractivity contribution in [2.24, 2.45) is 10.2 Å². The summed E-state index contributed by atoms with van der Waals surface area (Å²) in [5, 5.41) is 8.14. The molecule has 0 aromatic carbocycles. The lowest BCUT2D eigenvalue weighted by molar-refractivity contribution is 0.644. The van der Waals surface area contributed by atoms with Crippen LogP contribution in [0.5, 0.6) is 0 Å². The first kappa shape index (κ1) is 17.3. The largest absolute Gasteiger partial charge is 0.164 e. The SMILES string of the molecule is CCCCCCCC=N/N=C/CCCCCCC. The van der Waals surface area contributed by atoms with E-state index in [1.165, 1.54) is 64.2 Å². The van der Waals surface area contributed by atoms with E-state index in [0.29, 0.717) is 0 Å². The van der Waals surface area contributed by atoms with Gasteiger partial charge < -0.3 is 0 Å². The van der Waals surface area contributed by atoms with Gasteiger partial charge >= 0.3 is 0 Å². The zero-order valence-electron chi connectivity index (χ0n) is 12.5. The Bertz CT molecular complexity index is 175. The maximum atomic E-state index is 4.07. The van der Waals surface area contributed by atoms with E-state index in [1.54, 1.807) is 0 Å². The van der Waals surface area contributed by atoms with Crippen molar-refractivity contribution in [3.8, 4) is 0 Å². The molecule has 0 fully saturated rings. The monoisotopic (exact) mass is 252 g/mol. The van der Waals surface area contributed by atoms with Crippen LogP contribution in [-0.2, 0) is 0 Å². The van der Waals surface area contributed by atoms with Gasteiger partial charge in [0.1, 0.15) is 0 Å². The van der Waals surface area contributed by atoms with Gasteiger partial charge in [-0.05, 0) is 25.7 Å². The zero-order valence-corrected chi connectivity index (χ0v) is 12.5. The highest BCUT2D eigenvalue weighted by atomic mass is 15.2. The molecule has 0 saturated heterocycles. The van der Waals surface area contributed by atoms with Crippen LogP contribution in [0.15, 0.2) is 10.2 Å². The van der Waals surface area contributed by atoms with E-state index in [2.05, 4.69) is 24.1 Å². The van der Waals surface area contributed by atoms with Gasteiger partial charge in [-0.3, -0.25) is 0 Å². The summed E-state index contributed by atoms with van der Waals surface area (Å²) in [6.07, 6.45) is 19.4. The van der Waals surface area contributed by atoms with Crippen LogP contribution in [0, 0.1) is 0 Å². The smallest absolute Gasteiger partial charge is 0.0270 e. The second kappa shape index (κ2) is 16.3. The molecule has 0 aliphatic carbocycles. The highest BCUT2D eigenvalue weighted by Gasteiger charge is 1.87. The van der Waals surface area contributed by atoms with Gasteiger partial charge in [0, 0.05) is 12.4 Å².